The zero-order valence-electron chi connectivity index (χ0n) is 15.2. The average Bonchev–Trinajstić information content (AvgIpc) is 2.65. The Morgan fingerprint density at radius 2 is 1.75 bits per heavy atom. The van der Waals surface area contributed by atoms with Crippen LogP contribution in [0.4, 0.5) is 10.7 Å². The summed E-state index contributed by atoms with van der Waals surface area (Å²) in [5.41, 5.74) is 0. The van der Waals surface area contributed by atoms with Gasteiger partial charge in [-0.2, -0.15) is 9.97 Å². The fraction of sp³-hybridized carbons (Fsp3) is 0.333. The van der Waals surface area contributed by atoms with Gasteiger partial charge in [-0.25, -0.2) is 17.9 Å². The van der Waals surface area contributed by atoms with Gasteiger partial charge in [-0.3, -0.25) is 5.32 Å². The number of methoxy groups -OCH3 is 2. The van der Waals surface area contributed by atoms with Gasteiger partial charge in [-0.05, 0) is 19.1 Å². The number of nitrogens with one attached hydrogen (secondary N) is 2. The second-order valence-corrected chi connectivity index (χ2v) is 6.95. The molecule has 0 radical (unpaired) electrons. The molecule has 2 amide bonds. The van der Waals surface area contributed by atoms with E-state index in [1.54, 1.807) is 6.07 Å². The van der Waals surface area contributed by atoms with Crippen LogP contribution in [0, 0.1) is 0 Å². The van der Waals surface area contributed by atoms with Crippen molar-refractivity contribution >= 4 is 22.0 Å². The monoisotopic (exact) mass is 413 g/mol. The SMILES string of the molecule is COc1nc(NC(=O)NS(=O)(=O)c2ccccc2OCC(C)O)nc(OC)n1. The van der Waals surface area contributed by atoms with Gasteiger partial charge in [0.1, 0.15) is 17.3 Å². The molecule has 0 saturated heterocycles. The second-order valence-electron chi connectivity index (χ2n) is 5.30. The van der Waals surface area contributed by atoms with E-state index in [2.05, 4.69) is 20.3 Å². The summed E-state index contributed by atoms with van der Waals surface area (Å²) in [5.74, 6) is -0.303. The lowest BCUT2D eigenvalue weighted by Gasteiger charge is -2.13. The van der Waals surface area contributed by atoms with E-state index in [4.69, 9.17) is 14.2 Å². The molecule has 28 heavy (non-hydrogen) atoms. The predicted molar refractivity (Wildman–Crippen MR) is 95.9 cm³/mol. The summed E-state index contributed by atoms with van der Waals surface area (Å²) in [4.78, 5) is 23.1. The van der Waals surface area contributed by atoms with E-state index in [0.29, 0.717) is 0 Å². The molecule has 2 rings (SSSR count). The number of hydrogen-bond donors (Lipinski definition) is 3. The molecular weight excluding hydrogens is 394 g/mol. The Morgan fingerprint density at radius 3 is 2.32 bits per heavy atom. The largest absolute Gasteiger partial charge is 0.489 e. The van der Waals surface area contributed by atoms with E-state index < -0.39 is 22.2 Å². The van der Waals surface area contributed by atoms with Crippen molar-refractivity contribution < 1.29 is 32.5 Å². The standard InChI is InChI=1S/C15H19N5O7S/c1-9(21)8-27-10-6-4-5-7-11(10)28(23,24)20-13(22)16-12-17-14(25-2)19-15(18-12)26-3/h4-7,9,21H,8H2,1-3H3,(H2,16,17,18,19,20,22). The van der Waals surface area contributed by atoms with Gasteiger partial charge in [0.2, 0.25) is 5.95 Å². The van der Waals surface area contributed by atoms with Crippen LogP contribution in [0.2, 0.25) is 0 Å². The average molecular weight is 413 g/mol. The van der Waals surface area contributed by atoms with E-state index in [1.807, 2.05) is 4.72 Å². The summed E-state index contributed by atoms with van der Waals surface area (Å²) in [6.45, 7) is 1.36. The molecule has 1 aromatic heterocycles. The number of carbonyl (C=O) groups is 1. The number of aromatic nitrogens is 3. The number of nitrogens with zero attached hydrogens (tertiary/aromatic N) is 3. The minimum Gasteiger partial charge on any atom is -0.489 e. The number of rotatable bonds is 8. The maximum atomic E-state index is 12.5. The highest BCUT2D eigenvalue weighted by molar-refractivity contribution is 7.90. The topological polar surface area (TPSA) is 162 Å². The van der Waals surface area contributed by atoms with Gasteiger partial charge in [-0.15, -0.1) is 4.98 Å². The van der Waals surface area contributed by atoms with Crippen molar-refractivity contribution in [2.24, 2.45) is 0 Å². The molecule has 0 fully saturated rings. The Balaban J connectivity index is 2.18. The van der Waals surface area contributed by atoms with Gasteiger partial charge in [-0.1, -0.05) is 12.1 Å². The quantitative estimate of drug-likeness (QED) is 0.543. The molecule has 1 heterocycles. The first-order valence-corrected chi connectivity index (χ1v) is 9.31. The van der Waals surface area contributed by atoms with Crippen LogP contribution in [0.15, 0.2) is 29.2 Å². The van der Waals surface area contributed by atoms with Gasteiger partial charge in [0.15, 0.2) is 0 Å². The Bertz CT molecular complexity index is 914. The van der Waals surface area contributed by atoms with E-state index in [0.717, 1.165) is 0 Å². The lowest BCUT2D eigenvalue weighted by Crippen LogP contribution is -2.35. The summed E-state index contributed by atoms with van der Waals surface area (Å²) in [7, 11) is -1.69. The molecule has 3 N–H and O–H groups in total. The Kier molecular flexibility index (Phi) is 6.89. The third-order valence-corrected chi connectivity index (χ3v) is 4.40. The lowest BCUT2D eigenvalue weighted by molar-refractivity contribution is 0.121. The van der Waals surface area contributed by atoms with Crippen molar-refractivity contribution in [1.29, 1.82) is 0 Å². The molecule has 0 aliphatic heterocycles. The smallest absolute Gasteiger partial charge is 0.335 e. The fourth-order valence-electron chi connectivity index (χ4n) is 1.88. The van der Waals surface area contributed by atoms with Gasteiger partial charge >= 0.3 is 18.1 Å². The first-order chi connectivity index (χ1) is 13.2. The molecule has 0 bridgehead atoms. The summed E-state index contributed by atoms with van der Waals surface area (Å²) in [5, 5.41) is 11.5. The Labute approximate surface area is 160 Å². The van der Waals surface area contributed by atoms with Crippen molar-refractivity contribution in [3.8, 4) is 17.8 Å². The number of benzene rings is 1. The van der Waals surface area contributed by atoms with Crippen LogP contribution < -0.4 is 24.2 Å². The summed E-state index contributed by atoms with van der Waals surface area (Å²) < 4.78 is 41.8. The van der Waals surface area contributed by atoms with Crippen molar-refractivity contribution in [1.82, 2.24) is 19.7 Å². The van der Waals surface area contributed by atoms with E-state index in [9.17, 15) is 18.3 Å². The molecule has 12 nitrogen and oxygen atoms in total. The van der Waals surface area contributed by atoms with Crippen molar-refractivity contribution in [3.05, 3.63) is 24.3 Å². The molecule has 2 aromatic rings. The Hall–Kier alpha value is -3.19. The first kappa shape index (κ1) is 21.1. The molecule has 1 atom stereocenters. The number of aliphatic hydroxyl groups is 1. The molecule has 0 aliphatic rings. The van der Waals surface area contributed by atoms with Crippen LogP contribution >= 0.6 is 0 Å². The number of aliphatic hydroxyl groups excluding tert-OH is 1. The highest BCUT2D eigenvalue weighted by atomic mass is 32.2. The second kappa shape index (κ2) is 9.14. The number of anilines is 1. The maximum absolute atomic E-state index is 12.5. The van der Waals surface area contributed by atoms with Gasteiger partial charge in [0.25, 0.3) is 10.0 Å². The summed E-state index contributed by atoms with van der Waals surface area (Å²) in [6, 6.07) is 4.27. The molecule has 13 heteroatoms. The predicted octanol–water partition coefficient (Wildman–Crippen LogP) is 0.159. The molecule has 0 aliphatic carbocycles. The molecular formula is C15H19N5O7S. The maximum Gasteiger partial charge on any atom is 0.335 e. The van der Waals surface area contributed by atoms with Crippen molar-refractivity contribution in [2.45, 2.75) is 17.9 Å². The third-order valence-electron chi connectivity index (χ3n) is 3.03. The first-order valence-electron chi connectivity index (χ1n) is 7.83. The number of amides is 2. The lowest BCUT2D eigenvalue weighted by atomic mass is 10.3. The van der Waals surface area contributed by atoms with Crippen molar-refractivity contribution in [2.75, 3.05) is 26.1 Å². The van der Waals surface area contributed by atoms with Gasteiger partial charge in [0.05, 0.1) is 20.3 Å². The van der Waals surface area contributed by atoms with Gasteiger partial charge in [0, 0.05) is 0 Å². The number of urea groups is 1. The van der Waals surface area contributed by atoms with Crippen LogP contribution in [0.5, 0.6) is 17.8 Å². The molecule has 0 spiro atoms. The van der Waals surface area contributed by atoms with Crippen LogP contribution in [0.25, 0.3) is 0 Å². The van der Waals surface area contributed by atoms with Crippen LogP contribution in [-0.4, -0.2) is 61.4 Å². The highest BCUT2D eigenvalue weighted by Crippen LogP contribution is 2.23. The minimum absolute atomic E-state index is 0.0211. The van der Waals surface area contributed by atoms with E-state index in [1.165, 1.54) is 39.3 Å². The zero-order chi connectivity index (χ0) is 20.7. The summed E-state index contributed by atoms with van der Waals surface area (Å²) in [6.07, 6.45) is -0.805. The zero-order valence-corrected chi connectivity index (χ0v) is 16.1. The molecule has 0 saturated carbocycles. The number of ether oxygens (including phenoxy) is 3. The number of carbonyl (C=O) groups excluding carboxylic acids is 1. The highest BCUT2D eigenvalue weighted by Gasteiger charge is 2.23. The van der Waals surface area contributed by atoms with Crippen LogP contribution in [0.1, 0.15) is 6.92 Å². The number of para-hydroxylation sites is 1. The number of sulfonamides is 1. The Morgan fingerprint density at radius 1 is 1.14 bits per heavy atom. The van der Waals surface area contributed by atoms with E-state index in [-0.39, 0.29) is 35.2 Å². The van der Waals surface area contributed by atoms with E-state index >= 15 is 0 Å². The normalized spacial score (nSPS) is 12.0. The van der Waals surface area contributed by atoms with Crippen molar-refractivity contribution in [3.63, 3.8) is 0 Å². The molecule has 152 valence electrons. The summed E-state index contributed by atoms with van der Waals surface area (Å²) >= 11 is 0. The fourth-order valence-corrected chi connectivity index (χ4v) is 2.94. The van der Waals surface area contributed by atoms with Crippen LogP contribution in [0.3, 0.4) is 0 Å². The molecule has 1 aromatic carbocycles. The van der Waals surface area contributed by atoms with Gasteiger partial charge < -0.3 is 19.3 Å². The third kappa shape index (κ3) is 5.65. The minimum atomic E-state index is -4.29. The van der Waals surface area contributed by atoms with Crippen LogP contribution in [-0.2, 0) is 10.0 Å². The molecule has 1 unspecified atom stereocenters. The number of hydrogen-bond acceptors (Lipinski definition) is 10.